The Balaban J connectivity index is 4.30. The van der Waals surface area contributed by atoms with Gasteiger partial charge in [-0.25, -0.2) is 0 Å². The van der Waals surface area contributed by atoms with Gasteiger partial charge in [0.1, 0.15) is 13.2 Å². The van der Waals surface area contributed by atoms with Crippen molar-refractivity contribution in [3.05, 3.63) is 85.1 Å². The van der Waals surface area contributed by atoms with Crippen molar-refractivity contribution in [1.82, 2.24) is 0 Å². The average Bonchev–Trinajstić information content (AvgIpc) is 3.49. The molecule has 0 bridgehead atoms. The van der Waals surface area contributed by atoms with Crippen LogP contribution in [-0.2, 0) is 28.6 Å². The molecule has 6 heteroatoms. The summed E-state index contributed by atoms with van der Waals surface area (Å²) in [6.45, 7) is 6.54. The molecule has 0 heterocycles. The van der Waals surface area contributed by atoms with Crippen LogP contribution in [0, 0.1) is 0 Å². The van der Waals surface area contributed by atoms with E-state index in [1.165, 1.54) is 212 Å². The number of carbonyl (C=O) groups is 3. The monoisotopic (exact) mass is 1160 g/mol. The smallest absolute Gasteiger partial charge is 0.306 e. The van der Waals surface area contributed by atoms with Crippen LogP contribution in [0.3, 0.4) is 0 Å². The number of ether oxygens (including phenoxy) is 3. The summed E-state index contributed by atoms with van der Waals surface area (Å²) in [5, 5.41) is 0. The molecule has 480 valence electrons. The number of unbranched alkanes of at least 4 members (excludes halogenated alkanes) is 41. The summed E-state index contributed by atoms with van der Waals surface area (Å²) >= 11 is 0. The van der Waals surface area contributed by atoms with Gasteiger partial charge in [-0.2, -0.15) is 0 Å². The van der Waals surface area contributed by atoms with Gasteiger partial charge < -0.3 is 14.2 Å². The van der Waals surface area contributed by atoms with E-state index in [9.17, 15) is 14.4 Å². The number of carbonyl (C=O) groups excluding carboxylic acids is 3. The Morgan fingerprint density at radius 2 is 0.470 bits per heavy atom. The highest BCUT2D eigenvalue weighted by molar-refractivity contribution is 5.71. The molecule has 0 saturated heterocycles. The fourth-order valence-corrected chi connectivity index (χ4v) is 10.5. The lowest BCUT2D eigenvalue weighted by molar-refractivity contribution is -0.167. The Labute approximate surface area is 515 Å². The van der Waals surface area contributed by atoms with Gasteiger partial charge in [0.15, 0.2) is 6.10 Å². The normalized spacial score (nSPS) is 12.6. The third kappa shape index (κ3) is 69.3. The molecule has 83 heavy (non-hydrogen) atoms. The standard InChI is InChI=1S/C77H136O6/c1-4-7-10-13-16-19-22-25-28-30-32-34-36-37-38-39-40-42-43-45-47-49-52-55-58-61-64-67-70-76(79)82-73-74(72-81-75(78)69-66-63-60-57-54-51-27-24-21-18-15-12-9-6-3)83-77(80)71-68-65-62-59-56-53-50-48-46-44-41-35-33-31-29-26-23-20-17-14-11-8-5-2/h8,11,17,20,24,26-27,29,33,35,44,46,50,53,74H,4-7,9-10,12-16,18-19,21-23,25,28,30-32,34,36-43,45,47-49,51-52,54-73H2,1-3H3/b11-8-,20-17-,27-24-,29-26-,35-33-,46-44-,53-50-. The SMILES string of the molecule is CC/C=C\C/C=C\C/C=C\C/C=C\C/C=C\C/C=C\CCCCCCC(=O)OC(COC(=O)CCCCCCC/C=C\CCCCCCC)COC(=O)CCCCCCCCCCCCCCCCCCCCCCCCCCCCCC. The summed E-state index contributed by atoms with van der Waals surface area (Å²) < 4.78 is 17.0. The zero-order valence-corrected chi connectivity index (χ0v) is 55.2. The van der Waals surface area contributed by atoms with Crippen molar-refractivity contribution in [2.24, 2.45) is 0 Å². The number of hydrogen-bond donors (Lipinski definition) is 0. The van der Waals surface area contributed by atoms with Crippen LogP contribution in [-0.4, -0.2) is 37.2 Å². The van der Waals surface area contributed by atoms with Crippen LogP contribution >= 0.6 is 0 Å². The van der Waals surface area contributed by atoms with Gasteiger partial charge in [-0.1, -0.05) is 337 Å². The highest BCUT2D eigenvalue weighted by atomic mass is 16.6. The van der Waals surface area contributed by atoms with Crippen molar-refractivity contribution in [2.75, 3.05) is 13.2 Å². The fourth-order valence-electron chi connectivity index (χ4n) is 10.5. The molecule has 0 rings (SSSR count). The second-order valence-electron chi connectivity index (χ2n) is 24.1. The van der Waals surface area contributed by atoms with Gasteiger partial charge in [-0.15, -0.1) is 0 Å². The molecule has 0 spiro atoms. The lowest BCUT2D eigenvalue weighted by Crippen LogP contribution is -2.30. The molecule has 0 aromatic carbocycles. The van der Waals surface area contributed by atoms with Crippen LogP contribution in [0.2, 0.25) is 0 Å². The maximum atomic E-state index is 12.9. The van der Waals surface area contributed by atoms with E-state index in [0.29, 0.717) is 19.3 Å². The van der Waals surface area contributed by atoms with E-state index in [1.807, 2.05) is 0 Å². The Hall–Kier alpha value is -3.41. The Bertz CT molecular complexity index is 1570. The maximum Gasteiger partial charge on any atom is 0.306 e. The second-order valence-corrected chi connectivity index (χ2v) is 24.1. The van der Waals surface area contributed by atoms with Crippen molar-refractivity contribution in [3.63, 3.8) is 0 Å². The Kier molecular flexibility index (Phi) is 68.2. The molecule has 1 unspecified atom stereocenters. The molecule has 0 saturated carbocycles. The van der Waals surface area contributed by atoms with E-state index in [2.05, 4.69) is 106 Å². The fraction of sp³-hybridized carbons (Fsp3) is 0.779. The van der Waals surface area contributed by atoms with Crippen molar-refractivity contribution in [1.29, 1.82) is 0 Å². The summed E-state index contributed by atoms with van der Waals surface area (Å²) in [6, 6.07) is 0. The van der Waals surface area contributed by atoms with Crippen LogP contribution in [0.5, 0.6) is 0 Å². The van der Waals surface area contributed by atoms with E-state index in [0.717, 1.165) is 116 Å². The zero-order chi connectivity index (χ0) is 59.9. The summed E-state index contributed by atoms with van der Waals surface area (Å²) in [5.41, 5.74) is 0. The van der Waals surface area contributed by atoms with Gasteiger partial charge >= 0.3 is 17.9 Å². The van der Waals surface area contributed by atoms with Gasteiger partial charge in [-0.05, 0) is 96.3 Å². The van der Waals surface area contributed by atoms with Crippen molar-refractivity contribution < 1.29 is 28.6 Å². The lowest BCUT2D eigenvalue weighted by atomic mass is 10.0. The summed E-state index contributed by atoms with van der Waals surface area (Å²) in [4.78, 5) is 38.4. The van der Waals surface area contributed by atoms with Crippen LogP contribution in [0.15, 0.2) is 85.1 Å². The van der Waals surface area contributed by atoms with Crippen molar-refractivity contribution in [2.45, 2.75) is 374 Å². The van der Waals surface area contributed by atoms with Crippen LogP contribution in [0.4, 0.5) is 0 Å². The predicted molar refractivity (Wildman–Crippen MR) is 362 cm³/mol. The molecule has 0 aliphatic rings. The highest BCUT2D eigenvalue weighted by Gasteiger charge is 2.19. The number of hydrogen-bond acceptors (Lipinski definition) is 6. The first-order valence-corrected chi connectivity index (χ1v) is 36.1. The van der Waals surface area contributed by atoms with Gasteiger partial charge in [-0.3, -0.25) is 14.4 Å². The number of esters is 3. The highest BCUT2D eigenvalue weighted by Crippen LogP contribution is 2.18. The van der Waals surface area contributed by atoms with Crippen molar-refractivity contribution in [3.8, 4) is 0 Å². The first-order chi connectivity index (χ1) is 41.0. The lowest BCUT2D eigenvalue weighted by Gasteiger charge is -2.18. The molecular formula is C77H136O6. The minimum absolute atomic E-state index is 0.0867. The Morgan fingerprint density at radius 3 is 0.747 bits per heavy atom. The van der Waals surface area contributed by atoms with E-state index in [1.54, 1.807) is 0 Å². The third-order valence-corrected chi connectivity index (χ3v) is 15.9. The largest absolute Gasteiger partial charge is 0.462 e. The molecule has 0 aliphatic carbocycles. The topological polar surface area (TPSA) is 78.9 Å². The van der Waals surface area contributed by atoms with Gasteiger partial charge in [0, 0.05) is 19.3 Å². The number of allylic oxidation sites excluding steroid dienone is 14. The predicted octanol–water partition coefficient (Wildman–Crippen LogP) is 25.0. The zero-order valence-electron chi connectivity index (χ0n) is 55.2. The molecule has 0 fully saturated rings. The third-order valence-electron chi connectivity index (χ3n) is 15.9. The minimum atomic E-state index is -0.795. The van der Waals surface area contributed by atoms with Crippen LogP contribution < -0.4 is 0 Å². The average molecular weight is 1160 g/mol. The summed E-state index contributed by atoms with van der Waals surface area (Å²) in [6.07, 6.45) is 94.8. The van der Waals surface area contributed by atoms with Gasteiger partial charge in [0.05, 0.1) is 0 Å². The van der Waals surface area contributed by atoms with Gasteiger partial charge in [0.2, 0.25) is 0 Å². The summed E-state index contributed by atoms with van der Waals surface area (Å²) in [5.74, 6) is -0.902. The molecule has 0 N–H and O–H groups in total. The minimum Gasteiger partial charge on any atom is -0.462 e. The molecule has 0 aromatic rings. The van der Waals surface area contributed by atoms with Crippen LogP contribution in [0.1, 0.15) is 367 Å². The van der Waals surface area contributed by atoms with E-state index >= 15 is 0 Å². The molecule has 0 aromatic heterocycles. The van der Waals surface area contributed by atoms with E-state index in [-0.39, 0.29) is 31.1 Å². The first kappa shape index (κ1) is 79.6. The van der Waals surface area contributed by atoms with Gasteiger partial charge in [0.25, 0.3) is 0 Å². The molecule has 1 atom stereocenters. The van der Waals surface area contributed by atoms with E-state index in [4.69, 9.17) is 14.2 Å². The molecule has 0 aliphatic heterocycles. The van der Waals surface area contributed by atoms with Crippen LogP contribution in [0.25, 0.3) is 0 Å². The molecule has 0 radical (unpaired) electrons. The molecule has 6 nitrogen and oxygen atoms in total. The quantitative estimate of drug-likeness (QED) is 0.0261. The maximum absolute atomic E-state index is 12.9. The second kappa shape index (κ2) is 71.1. The molecular weight excluding hydrogens is 1020 g/mol. The van der Waals surface area contributed by atoms with Crippen molar-refractivity contribution >= 4 is 17.9 Å². The molecule has 0 amide bonds. The van der Waals surface area contributed by atoms with E-state index < -0.39 is 6.10 Å². The summed E-state index contributed by atoms with van der Waals surface area (Å²) in [7, 11) is 0. The number of rotatable bonds is 66. The Morgan fingerprint density at radius 1 is 0.253 bits per heavy atom. The first-order valence-electron chi connectivity index (χ1n) is 36.1.